The van der Waals surface area contributed by atoms with Gasteiger partial charge in [-0.15, -0.1) is 0 Å². The molecule has 0 saturated carbocycles. The van der Waals surface area contributed by atoms with Crippen molar-refractivity contribution in [1.29, 1.82) is 0 Å². The largest absolute Gasteiger partial charge is 0.435 e. The molecule has 0 amide bonds. The van der Waals surface area contributed by atoms with E-state index in [-0.39, 0.29) is 5.75 Å². The van der Waals surface area contributed by atoms with Crippen LogP contribution < -0.4 is 10.2 Å². The summed E-state index contributed by atoms with van der Waals surface area (Å²) in [4.78, 5) is 5.54. The molecular formula is C13H13F2NO3. The number of rotatable bonds is 3. The average Bonchev–Trinajstić information content (AvgIpc) is 3.01. The number of alkyl halides is 2. The van der Waals surface area contributed by atoms with Crippen LogP contribution >= 0.6 is 0 Å². The molecule has 6 heteroatoms. The highest BCUT2D eigenvalue weighted by atomic mass is 19.3. The lowest BCUT2D eigenvalue weighted by molar-refractivity contribution is -0.0498. The van der Waals surface area contributed by atoms with Gasteiger partial charge in [-0.05, 0) is 35.9 Å². The van der Waals surface area contributed by atoms with Crippen molar-refractivity contribution in [1.82, 2.24) is 5.48 Å². The van der Waals surface area contributed by atoms with Crippen LogP contribution in [-0.2, 0) is 9.57 Å². The molecule has 1 fully saturated rings. The summed E-state index contributed by atoms with van der Waals surface area (Å²) >= 11 is 0. The first-order valence-electron chi connectivity index (χ1n) is 5.97. The second-order valence-electron chi connectivity index (χ2n) is 4.53. The lowest BCUT2D eigenvalue weighted by Gasteiger charge is -2.15. The quantitative estimate of drug-likeness (QED) is 0.914. The Kier molecular flexibility index (Phi) is 3.12. The molecule has 1 N–H and O–H groups in total. The molecular weight excluding hydrogens is 256 g/mol. The van der Waals surface area contributed by atoms with Gasteiger partial charge < -0.3 is 9.47 Å². The fourth-order valence-electron chi connectivity index (χ4n) is 2.19. The van der Waals surface area contributed by atoms with Crippen molar-refractivity contribution in [3.05, 3.63) is 35.9 Å². The molecule has 1 unspecified atom stereocenters. The molecule has 2 aliphatic heterocycles. The fourth-order valence-corrected chi connectivity index (χ4v) is 2.19. The number of ether oxygens (including phenoxy) is 2. The first-order valence-corrected chi connectivity index (χ1v) is 5.97. The smallest absolute Gasteiger partial charge is 0.387 e. The minimum Gasteiger partial charge on any atom is -0.435 e. The molecule has 0 aliphatic carbocycles. The number of hydrogen-bond acceptors (Lipinski definition) is 4. The van der Waals surface area contributed by atoms with Crippen LogP contribution in [0.2, 0.25) is 0 Å². The third-order valence-electron chi connectivity index (χ3n) is 3.18. The van der Waals surface area contributed by atoms with Crippen LogP contribution in [0.3, 0.4) is 0 Å². The summed E-state index contributed by atoms with van der Waals surface area (Å²) < 4.78 is 33.7. The topological polar surface area (TPSA) is 39.7 Å². The van der Waals surface area contributed by atoms with Gasteiger partial charge in [-0.1, -0.05) is 0 Å². The monoisotopic (exact) mass is 269 g/mol. The molecule has 1 saturated heterocycles. The van der Waals surface area contributed by atoms with E-state index in [1.165, 1.54) is 12.1 Å². The Balaban J connectivity index is 1.76. The Hall–Kier alpha value is -1.66. The Labute approximate surface area is 108 Å². The molecule has 1 atom stereocenters. The molecule has 2 heterocycles. The lowest BCUT2D eigenvalue weighted by Crippen LogP contribution is -2.29. The van der Waals surface area contributed by atoms with Crippen LogP contribution in [0.25, 0.3) is 5.70 Å². The minimum absolute atomic E-state index is 0.136. The van der Waals surface area contributed by atoms with Crippen molar-refractivity contribution in [2.75, 3.05) is 13.2 Å². The van der Waals surface area contributed by atoms with Gasteiger partial charge in [0.1, 0.15) is 11.4 Å². The van der Waals surface area contributed by atoms with Crippen LogP contribution in [0, 0.1) is 0 Å². The summed E-state index contributed by atoms with van der Waals surface area (Å²) in [7, 11) is 0. The Morgan fingerprint density at radius 1 is 1.26 bits per heavy atom. The molecule has 1 spiro atoms. The van der Waals surface area contributed by atoms with Gasteiger partial charge in [0.05, 0.1) is 12.3 Å². The lowest BCUT2D eigenvalue weighted by atomic mass is 10.0. The average molecular weight is 269 g/mol. The minimum atomic E-state index is -2.81. The molecule has 19 heavy (non-hydrogen) atoms. The van der Waals surface area contributed by atoms with Crippen LogP contribution in [0.5, 0.6) is 5.75 Å². The third kappa shape index (κ3) is 2.54. The highest BCUT2D eigenvalue weighted by Crippen LogP contribution is 2.32. The molecule has 0 aromatic heterocycles. The summed E-state index contributed by atoms with van der Waals surface area (Å²) in [5.74, 6) is 0.136. The summed E-state index contributed by atoms with van der Waals surface area (Å²) in [6.07, 6.45) is 2.78. The number of benzene rings is 1. The van der Waals surface area contributed by atoms with Crippen molar-refractivity contribution < 1.29 is 23.1 Å². The van der Waals surface area contributed by atoms with Crippen LogP contribution in [0.15, 0.2) is 30.3 Å². The van der Waals surface area contributed by atoms with Crippen molar-refractivity contribution in [2.24, 2.45) is 0 Å². The Morgan fingerprint density at radius 3 is 2.68 bits per heavy atom. The van der Waals surface area contributed by atoms with Crippen LogP contribution in [0.4, 0.5) is 8.78 Å². The van der Waals surface area contributed by atoms with Gasteiger partial charge in [-0.2, -0.15) is 8.78 Å². The van der Waals surface area contributed by atoms with E-state index in [0.29, 0.717) is 13.2 Å². The van der Waals surface area contributed by atoms with Gasteiger partial charge in [0.15, 0.2) is 0 Å². The van der Waals surface area contributed by atoms with Gasteiger partial charge in [-0.25, -0.2) is 0 Å². The van der Waals surface area contributed by atoms with E-state index < -0.39 is 12.2 Å². The van der Waals surface area contributed by atoms with Gasteiger partial charge in [0.25, 0.3) is 0 Å². The number of hydroxylamine groups is 1. The molecule has 0 bridgehead atoms. The summed E-state index contributed by atoms with van der Waals surface area (Å²) in [6.45, 7) is -1.61. The Bertz CT molecular complexity index is 481. The van der Waals surface area contributed by atoms with Crippen LogP contribution in [0.1, 0.15) is 12.0 Å². The molecule has 4 nitrogen and oxygen atoms in total. The first kappa shape index (κ1) is 12.4. The number of halogens is 2. The highest BCUT2D eigenvalue weighted by Gasteiger charge is 2.39. The molecule has 102 valence electrons. The van der Waals surface area contributed by atoms with Crippen molar-refractivity contribution in [3.63, 3.8) is 0 Å². The number of nitrogens with one attached hydrogen (secondary N) is 1. The predicted octanol–water partition coefficient (Wildman–Crippen LogP) is 2.32. The molecule has 1 aromatic rings. The van der Waals surface area contributed by atoms with Gasteiger partial charge in [0, 0.05) is 13.0 Å². The van der Waals surface area contributed by atoms with E-state index in [1.807, 2.05) is 6.08 Å². The summed E-state index contributed by atoms with van der Waals surface area (Å²) in [5, 5.41) is 0. The second-order valence-corrected chi connectivity index (χ2v) is 4.53. The zero-order valence-electron chi connectivity index (χ0n) is 10.1. The van der Waals surface area contributed by atoms with E-state index in [0.717, 1.165) is 17.7 Å². The van der Waals surface area contributed by atoms with Gasteiger partial charge >= 0.3 is 6.61 Å². The fraction of sp³-hybridized carbons (Fsp3) is 0.385. The van der Waals surface area contributed by atoms with E-state index in [2.05, 4.69) is 10.2 Å². The molecule has 2 aliphatic rings. The molecule has 0 radical (unpaired) electrons. The van der Waals surface area contributed by atoms with E-state index >= 15 is 0 Å². The first-order chi connectivity index (χ1) is 9.17. The normalized spacial score (nSPS) is 25.7. The maximum atomic E-state index is 12.0. The maximum Gasteiger partial charge on any atom is 0.387 e. The summed E-state index contributed by atoms with van der Waals surface area (Å²) in [6, 6.07) is 6.41. The second kappa shape index (κ2) is 4.79. The van der Waals surface area contributed by atoms with Crippen molar-refractivity contribution >= 4 is 5.70 Å². The van der Waals surface area contributed by atoms with E-state index in [1.54, 1.807) is 12.1 Å². The maximum absolute atomic E-state index is 12.0. The molecule has 1 aromatic carbocycles. The van der Waals surface area contributed by atoms with Crippen molar-refractivity contribution in [2.45, 2.75) is 18.6 Å². The zero-order valence-corrected chi connectivity index (χ0v) is 10.1. The SMILES string of the molecule is FC(F)Oc1ccc(C2=CC3(CCOC3)ON2)cc1. The van der Waals surface area contributed by atoms with E-state index in [4.69, 9.17) is 9.57 Å². The van der Waals surface area contributed by atoms with E-state index in [9.17, 15) is 8.78 Å². The Morgan fingerprint density at radius 2 is 2.05 bits per heavy atom. The standard InChI is InChI=1S/C13H13F2NO3/c14-12(15)18-10-3-1-9(2-4-10)11-7-13(19-16-11)5-6-17-8-13/h1-4,7,12,16H,5-6,8H2. The van der Waals surface area contributed by atoms with Crippen molar-refractivity contribution in [3.8, 4) is 5.75 Å². The van der Waals surface area contributed by atoms with Crippen LogP contribution in [-0.4, -0.2) is 25.4 Å². The molecule has 3 rings (SSSR count). The van der Waals surface area contributed by atoms with Gasteiger partial charge in [0.2, 0.25) is 0 Å². The summed E-state index contributed by atoms with van der Waals surface area (Å²) in [5.41, 5.74) is 4.13. The predicted molar refractivity (Wildman–Crippen MR) is 63.4 cm³/mol. The third-order valence-corrected chi connectivity index (χ3v) is 3.18. The zero-order chi connectivity index (χ0) is 13.3. The van der Waals surface area contributed by atoms with Gasteiger partial charge in [-0.3, -0.25) is 10.3 Å². The number of hydrogen-bond donors (Lipinski definition) is 1. The highest BCUT2D eigenvalue weighted by molar-refractivity contribution is 5.66.